The van der Waals surface area contributed by atoms with E-state index in [4.69, 9.17) is 10.2 Å². The largest absolute Gasteiger partial charge is 0.467 e. The number of ether oxygens (including phenoxy) is 2. The van der Waals surface area contributed by atoms with Gasteiger partial charge in [0, 0.05) is 0 Å². The quantitative estimate of drug-likeness (QED) is 0.488. The Labute approximate surface area is 68.7 Å². The summed E-state index contributed by atoms with van der Waals surface area (Å²) in [5.74, 6) is -2.18. The fraction of sp³-hybridized carbons (Fsp3) is 0.667. The molecule has 2 N–H and O–H groups in total. The van der Waals surface area contributed by atoms with E-state index >= 15 is 0 Å². The van der Waals surface area contributed by atoms with Crippen LogP contribution in [0.25, 0.3) is 0 Å². The molecule has 12 heavy (non-hydrogen) atoms. The zero-order valence-electron chi connectivity index (χ0n) is 6.68. The molecule has 0 aliphatic carbocycles. The van der Waals surface area contributed by atoms with E-state index in [-0.39, 0.29) is 0 Å². The van der Waals surface area contributed by atoms with Crippen molar-refractivity contribution in [3.05, 3.63) is 0 Å². The number of hydrogen-bond acceptors (Lipinski definition) is 6. The van der Waals surface area contributed by atoms with Crippen molar-refractivity contribution in [2.45, 2.75) is 12.2 Å². The van der Waals surface area contributed by atoms with Gasteiger partial charge in [0.2, 0.25) is 0 Å². The molecule has 0 heterocycles. The molecule has 0 aliphatic rings. The van der Waals surface area contributed by atoms with Crippen molar-refractivity contribution in [1.82, 2.24) is 0 Å². The molecule has 6 nitrogen and oxygen atoms in total. The number of aliphatic hydroxyl groups is 2. The maximum atomic E-state index is 10.5. The second-order valence-electron chi connectivity index (χ2n) is 1.94. The van der Waals surface area contributed by atoms with Gasteiger partial charge in [0.1, 0.15) is 0 Å². The highest BCUT2D eigenvalue weighted by Crippen LogP contribution is 1.97. The SMILES string of the molecule is COC(=O)[C@H](O)[C@@H](O)C(=O)OC. The zero-order chi connectivity index (χ0) is 9.72. The maximum Gasteiger partial charge on any atom is 0.338 e. The standard InChI is InChI=1S/C6H10O6/c1-11-5(9)3(7)4(8)6(10)12-2/h3-4,7-8H,1-2H3/t3-,4-/m1/s1. The Morgan fingerprint density at radius 1 is 1.00 bits per heavy atom. The molecular weight excluding hydrogens is 168 g/mol. The van der Waals surface area contributed by atoms with Crippen LogP contribution in [0.4, 0.5) is 0 Å². The minimum absolute atomic E-state index is 1.02. The normalized spacial score (nSPS) is 14.7. The van der Waals surface area contributed by atoms with Gasteiger partial charge in [-0.15, -0.1) is 0 Å². The predicted octanol–water partition coefficient (Wildman–Crippen LogP) is -1.95. The van der Waals surface area contributed by atoms with Crippen molar-refractivity contribution in [1.29, 1.82) is 0 Å². The first-order valence-electron chi connectivity index (χ1n) is 3.06. The van der Waals surface area contributed by atoms with Gasteiger partial charge in [0.05, 0.1) is 14.2 Å². The third-order valence-electron chi connectivity index (χ3n) is 1.18. The lowest BCUT2D eigenvalue weighted by Gasteiger charge is -2.12. The van der Waals surface area contributed by atoms with Crippen molar-refractivity contribution < 1.29 is 29.3 Å². The molecule has 0 aromatic carbocycles. The van der Waals surface area contributed by atoms with Gasteiger partial charge in [-0.3, -0.25) is 0 Å². The first-order valence-corrected chi connectivity index (χ1v) is 3.06. The first-order chi connectivity index (χ1) is 5.54. The molecule has 0 bridgehead atoms. The molecule has 0 unspecified atom stereocenters. The van der Waals surface area contributed by atoms with Gasteiger partial charge in [-0.1, -0.05) is 0 Å². The summed E-state index contributed by atoms with van der Waals surface area (Å²) in [6, 6.07) is 0. The second kappa shape index (κ2) is 4.68. The van der Waals surface area contributed by atoms with E-state index < -0.39 is 24.1 Å². The Kier molecular flexibility index (Phi) is 4.24. The highest BCUT2D eigenvalue weighted by atomic mass is 16.6. The fourth-order valence-electron chi connectivity index (χ4n) is 0.499. The Balaban J connectivity index is 4.18. The number of aliphatic hydroxyl groups excluding tert-OH is 2. The number of carbonyl (C=O) groups excluding carboxylic acids is 2. The second-order valence-corrected chi connectivity index (χ2v) is 1.94. The molecule has 0 spiro atoms. The number of hydrogen-bond donors (Lipinski definition) is 2. The Morgan fingerprint density at radius 2 is 1.25 bits per heavy atom. The van der Waals surface area contributed by atoms with Crippen LogP contribution in [-0.4, -0.2) is 48.6 Å². The van der Waals surface area contributed by atoms with Gasteiger partial charge in [-0.25, -0.2) is 9.59 Å². The third kappa shape index (κ3) is 2.48. The Morgan fingerprint density at radius 3 is 1.42 bits per heavy atom. The van der Waals surface area contributed by atoms with Crippen LogP contribution in [0.15, 0.2) is 0 Å². The molecule has 0 saturated heterocycles. The molecule has 0 rings (SSSR count). The molecule has 0 fully saturated rings. The molecule has 70 valence electrons. The number of esters is 2. The summed E-state index contributed by atoms with van der Waals surface area (Å²) in [7, 11) is 2.05. The lowest BCUT2D eigenvalue weighted by molar-refractivity contribution is -0.169. The molecule has 2 atom stereocenters. The monoisotopic (exact) mass is 178 g/mol. The van der Waals surface area contributed by atoms with E-state index in [1.165, 1.54) is 0 Å². The summed E-state index contributed by atoms with van der Waals surface area (Å²) in [4.78, 5) is 21.1. The van der Waals surface area contributed by atoms with E-state index in [1.807, 2.05) is 0 Å². The van der Waals surface area contributed by atoms with Gasteiger partial charge in [-0.05, 0) is 0 Å². The van der Waals surface area contributed by atoms with Gasteiger partial charge < -0.3 is 19.7 Å². The fourth-order valence-corrected chi connectivity index (χ4v) is 0.499. The van der Waals surface area contributed by atoms with E-state index in [1.54, 1.807) is 0 Å². The van der Waals surface area contributed by atoms with Crippen LogP contribution < -0.4 is 0 Å². The summed E-state index contributed by atoms with van der Waals surface area (Å²) in [5, 5.41) is 17.7. The van der Waals surface area contributed by atoms with Crippen molar-refractivity contribution in [3.63, 3.8) is 0 Å². The Bertz CT molecular complexity index is 157. The van der Waals surface area contributed by atoms with Gasteiger partial charge in [0.15, 0.2) is 12.2 Å². The van der Waals surface area contributed by atoms with Crippen molar-refractivity contribution in [3.8, 4) is 0 Å². The summed E-state index contributed by atoms with van der Waals surface area (Å²) >= 11 is 0. The molecule has 0 aromatic heterocycles. The molecule has 0 aromatic rings. The zero-order valence-corrected chi connectivity index (χ0v) is 6.68. The minimum Gasteiger partial charge on any atom is -0.467 e. The summed E-state index contributed by atoms with van der Waals surface area (Å²) in [6.45, 7) is 0. The highest BCUT2D eigenvalue weighted by Gasteiger charge is 2.31. The van der Waals surface area contributed by atoms with Crippen LogP contribution in [0.3, 0.4) is 0 Å². The Hall–Kier alpha value is -1.14. The number of rotatable bonds is 3. The predicted molar refractivity (Wildman–Crippen MR) is 36.0 cm³/mol. The molecule has 0 saturated carbocycles. The molecular formula is C6H10O6. The average Bonchev–Trinajstić information content (AvgIpc) is 2.12. The van der Waals surface area contributed by atoms with Crippen LogP contribution in [0.2, 0.25) is 0 Å². The lowest BCUT2D eigenvalue weighted by Crippen LogP contribution is -2.40. The molecule has 0 aliphatic heterocycles. The maximum absolute atomic E-state index is 10.5. The topological polar surface area (TPSA) is 93.1 Å². The molecule has 0 radical (unpaired) electrons. The third-order valence-corrected chi connectivity index (χ3v) is 1.18. The van der Waals surface area contributed by atoms with Gasteiger partial charge in [-0.2, -0.15) is 0 Å². The summed E-state index contributed by atoms with van der Waals surface area (Å²) in [5.41, 5.74) is 0. The molecule has 0 amide bonds. The summed E-state index contributed by atoms with van der Waals surface area (Å²) in [6.07, 6.45) is -3.80. The number of carbonyl (C=O) groups is 2. The van der Waals surface area contributed by atoms with E-state index in [0.29, 0.717) is 0 Å². The van der Waals surface area contributed by atoms with Crippen LogP contribution in [0, 0.1) is 0 Å². The molecule has 6 heteroatoms. The van der Waals surface area contributed by atoms with Crippen molar-refractivity contribution in [2.24, 2.45) is 0 Å². The smallest absolute Gasteiger partial charge is 0.338 e. The van der Waals surface area contributed by atoms with Gasteiger partial charge in [0.25, 0.3) is 0 Å². The van der Waals surface area contributed by atoms with Crippen molar-refractivity contribution in [2.75, 3.05) is 14.2 Å². The summed E-state index contributed by atoms with van der Waals surface area (Å²) < 4.78 is 8.14. The van der Waals surface area contributed by atoms with E-state index in [9.17, 15) is 9.59 Å². The number of methoxy groups -OCH3 is 2. The minimum atomic E-state index is -1.90. The lowest BCUT2D eigenvalue weighted by atomic mass is 10.2. The van der Waals surface area contributed by atoms with Gasteiger partial charge >= 0.3 is 11.9 Å². The average molecular weight is 178 g/mol. The van der Waals surface area contributed by atoms with E-state index in [0.717, 1.165) is 14.2 Å². The van der Waals surface area contributed by atoms with Crippen molar-refractivity contribution >= 4 is 11.9 Å². The van der Waals surface area contributed by atoms with Crippen LogP contribution >= 0.6 is 0 Å². The first kappa shape index (κ1) is 10.9. The van der Waals surface area contributed by atoms with E-state index in [2.05, 4.69) is 9.47 Å². The highest BCUT2D eigenvalue weighted by molar-refractivity contribution is 5.85. The van der Waals surface area contributed by atoms with Crippen LogP contribution in [-0.2, 0) is 19.1 Å². The van der Waals surface area contributed by atoms with Crippen LogP contribution in [0.5, 0.6) is 0 Å². The van der Waals surface area contributed by atoms with Crippen LogP contribution in [0.1, 0.15) is 0 Å².